The van der Waals surface area contributed by atoms with Crippen LogP contribution in [0.4, 0.5) is 0 Å². The first kappa shape index (κ1) is 21.7. The molecule has 0 aromatic heterocycles. The smallest absolute Gasteiger partial charge is 0.337 e. The van der Waals surface area contributed by atoms with Crippen molar-refractivity contribution in [1.82, 2.24) is 0 Å². The first-order valence-corrected chi connectivity index (χ1v) is 10.3. The van der Waals surface area contributed by atoms with Crippen LogP contribution >= 0.6 is 23.2 Å². The fraction of sp³-hybridized carbons (Fsp3) is 0. The SMILES string of the molecule is O=C(O)c1ccc2c3ccc(C(=O)O)c4c(C(=O)O)c(Cl)c(Cl)c(c5ccc(C(=O)O)c1c25)c43. The molecule has 34 heavy (non-hydrogen) atoms. The summed E-state index contributed by atoms with van der Waals surface area (Å²) in [7, 11) is 0. The van der Waals surface area contributed by atoms with Crippen LogP contribution in [0.2, 0.25) is 10.0 Å². The zero-order valence-corrected chi connectivity index (χ0v) is 18.2. The molecule has 5 rings (SSSR count). The van der Waals surface area contributed by atoms with Gasteiger partial charge in [0.15, 0.2) is 0 Å². The van der Waals surface area contributed by atoms with E-state index in [9.17, 15) is 39.6 Å². The van der Waals surface area contributed by atoms with Crippen LogP contribution in [0.1, 0.15) is 41.4 Å². The highest BCUT2D eigenvalue weighted by atomic mass is 35.5. The predicted molar refractivity (Wildman–Crippen MR) is 126 cm³/mol. The normalized spacial score (nSPS) is 11.6. The van der Waals surface area contributed by atoms with Gasteiger partial charge in [-0.1, -0.05) is 41.4 Å². The van der Waals surface area contributed by atoms with Gasteiger partial charge in [-0.25, -0.2) is 19.2 Å². The molecule has 0 fully saturated rings. The summed E-state index contributed by atoms with van der Waals surface area (Å²) in [5, 5.41) is 40.1. The van der Waals surface area contributed by atoms with E-state index < -0.39 is 29.4 Å². The average molecular weight is 497 g/mol. The molecule has 0 amide bonds. The number of hydrogen-bond acceptors (Lipinski definition) is 4. The molecule has 0 aliphatic carbocycles. The van der Waals surface area contributed by atoms with Gasteiger partial charge in [-0.05, 0) is 39.7 Å². The molecule has 168 valence electrons. The Labute approximate surface area is 198 Å². The van der Waals surface area contributed by atoms with E-state index in [-0.39, 0.29) is 53.7 Å². The molecule has 0 atom stereocenters. The monoisotopic (exact) mass is 496 g/mol. The summed E-state index contributed by atoms with van der Waals surface area (Å²) in [6, 6.07) is 8.06. The Bertz CT molecular complexity index is 1770. The maximum atomic E-state index is 12.1. The Kier molecular flexibility index (Phi) is 4.58. The average Bonchev–Trinajstić information content (AvgIpc) is 2.77. The van der Waals surface area contributed by atoms with Crippen molar-refractivity contribution in [3.63, 3.8) is 0 Å². The minimum absolute atomic E-state index is 0.0365. The van der Waals surface area contributed by atoms with E-state index in [2.05, 4.69) is 0 Å². The second-order valence-electron chi connectivity index (χ2n) is 7.58. The van der Waals surface area contributed by atoms with Crippen LogP contribution in [0.25, 0.3) is 43.1 Å². The van der Waals surface area contributed by atoms with Crippen molar-refractivity contribution < 1.29 is 39.6 Å². The molecular weight excluding hydrogens is 487 g/mol. The predicted octanol–water partition coefficient (Wildman–Crippen LogP) is 5.84. The lowest BCUT2D eigenvalue weighted by Gasteiger charge is -2.20. The molecule has 8 nitrogen and oxygen atoms in total. The van der Waals surface area contributed by atoms with E-state index >= 15 is 0 Å². The third-order valence-corrected chi connectivity index (χ3v) is 6.81. The lowest BCUT2D eigenvalue weighted by molar-refractivity contribution is 0.0681. The summed E-state index contributed by atoms with van der Waals surface area (Å²) in [5.74, 6) is -5.53. The Morgan fingerprint density at radius 3 is 1.38 bits per heavy atom. The summed E-state index contributed by atoms with van der Waals surface area (Å²) in [6.07, 6.45) is 0. The molecule has 5 aromatic rings. The van der Waals surface area contributed by atoms with E-state index in [0.29, 0.717) is 16.2 Å². The highest BCUT2D eigenvalue weighted by Gasteiger charge is 2.29. The summed E-state index contributed by atoms with van der Waals surface area (Å²) in [5.41, 5.74) is -1.28. The molecule has 0 saturated carbocycles. The van der Waals surface area contributed by atoms with E-state index in [1.807, 2.05) is 0 Å². The molecule has 0 saturated heterocycles. The van der Waals surface area contributed by atoms with Gasteiger partial charge < -0.3 is 20.4 Å². The van der Waals surface area contributed by atoms with E-state index in [1.54, 1.807) is 0 Å². The first-order chi connectivity index (χ1) is 16.1. The van der Waals surface area contributed by atoms with E-state index in [0.717, 1.165) is 0 Å². The maximum Gasteiger partial charge on any atom is 0.337 e. The lowest BCUT2D eigenvalue weighted by Crippen LogP contribution is -2.08. The Morgan fingerprint density at radius 2 is 0.912 bits per heavy atom. The van der Waals surface area contributed by atoms with Crippen molar-refractivity contribution in [1.29, 1.82) is 0 Å². The van der Waals surface area contributed by atoms with Crippen LogP contribution in [0, 0.1) is 0 Å². The van der Waals surface area contributed by atoms with Gasteiger partial charge in [0.1, 0.15) is 0 Å². The van der Waals surface area contributed by atoms with Crippen LogP contribution in [0.3, 0.4) is 0 Å². The fourth-order valence-electron chi connectivity index (χ4n) is 4.70. The first-order valence-electron chi connectivity index (χ1n) is 9.57. The van der Waals surface area contributed by atoms with Crippen LogP contribution < -0.4 is 0 Å². The number of fused-ring (bicyclic) bond motifs is 2. The Morgan fingerprint density at radius 1 is 0.471 bits per heavy atom. The molecule has 0 unspecified atom stereocenters. The van der Waals surface area contributed by atoms with Gasteiger partial charge in [-0.3, -0.25) is 0 Å². The van der Waals surface area contributed by atoms with Crippen LogP contribution in [-0.4, -0.2) is 44.3 Å². The highest BCUT2D eigenvalue weighted by molar-refractivity contribution is 6.52. The largest absolute Gasteiger partial charge is 0.478 e. The van der Waals surface area contributed by atoms with Gasteiger partial charge in [0.05, 0.1) is 32.3 Å². The minimum atomic E-state index is -1.48. The van der Waals surface area contributed by atoms with Crippen molar-refractivity contribution in [2.75, 3.05) is 0 Å². The Balaban J connectivity index is 2.24. The van der Waals surface area contributed by atoms with Gasteiger partial charge in [0.2, 0.25) is 0 Å². The molecular formula is C24H10Cl2O8. The molecule has 0 spiro atoms. The number of rotatable bonds is 4. The molecule has 10 heteroatoms. The number of carbonyl (C=O) groups is 4. The number of halogens is 2. The van der Waals surface area contributed by atoms with Gasteiger partial charge >= 0.3 is 23.9 Å². The second kappa shape index (κ2) is 7.18. The van der Waals surface area contributed by atoms with Crippen LogP contribution in [0.15, 0.2) is 36.4 Å². The summed E-state index contributed by atoms with van der Waals surface area (Å²) < 4.78 is 0. The van der Waals surface area contributed by atoms with Crippen molar-refractivity contribution >= 4 is 90.2 Å². The van der Waals surface area contributed by atoms with Gasteiger partial charge in [0, 0.05) is 21.5 Å². The van der Waals surface area contributed by atoms with Crippen molar-refractivity contribution in [2.45, 2.75) is 0 Å². The third kappa shape index (κ3) is 2.66. The summed E-state index contributed by atoms with van der Waals surface area (Å²) in [4.78, 5) is 48.0. The van der Waals surface area contributed by atoms with Gasteiger partial charge in [-0.15, -0.1) is 0 Å². The molecule has 0 aliphatic rings. The number of carboxylic acid groups (broad SMARTS) is 4. The fourth-order valence-corrected chi connectivity index (χ4v) is 5.26. The summed E-state index contributed by atoms with van der Waals surface area (Å²) in [6.45, 7) is 0. The standard InChI is InChI=1S/C24H10Cl2O8/c25-19-17-9-3-6-11(22(29)30)14-10(21(27)28)4-1-7(13(9)14)8-2-5-12(23(31)32)16(15(8)17)18(20(19)26)24(33)34/h1-6H,(H,27,28)(H,29,30)(H,31,32)(H,33,34). The zero-order valence-electron chi connectivity index (χ0n) is 16.6. The van der Waals surface area contributed by atoms with Gasteiger partial charge in [0.25, 0.3) is 0 Å². The molecule has 0 radical (unpaired) electrons. The topological polar surface area (TPSA) is 149 Å². The Hall–Kier alpha value is -4.14. The number of benzene rings is 5. The number of aromatic carboxylic acids is 4. The molecule has 0 aliphatic heterocycles. The maximum absolute atomic E-state index is 12.1. The van der Waals surface area contributed by atoms with Crippen LogP contribution in [-0.2, 0) is 0 Å². The van der Waals surface area contributed by atoms with Gasteiger partial charge in [-0.2, -0.15) is 0 Å². The van der Waals surface area contributed by atoms with Crippen molar-refractivity contribution in [3.8, 4) is 0 Å². The molecule has 0 heterocycles. The summed E-state index contributed by atoms with van der Waals surface area (Å²) >= 11 is 12.9. The number of hydrogen-bond donors (Lipinski definition) is 4. The highest BCUT2D eigenvalue weighted by Crippen LogP contribution is 2.49. The quantitative estimate of drug-likeness (QED) is 0.179. The number of carboxylic acids is 4. The second-order valence-corrected chi connectivity index (χ2v) is 8.34. The molecule has 5 aromatic carbocycles. The van der Waals surface area contributed by atoms with Crippen molar-refractivity contribution in [2.24, 2.45) is 0 Å². The zero-order chi connectivity index (χ0) is 24.6. The van der Waals surface area contributed by atoms with E-state index in [1.165, 1.54) is 36.4 Å². The lowest BCUT2D eigenvalue weighted by atomic mass is 9.84. The third-order valence-electron chi connectivity index (χ3n) is 5.96. The van der Waals surface area contributed by atoms with E-state index in [4.69, 9.17) is 23.2 Å². The van der Waals surface area contributed by atoms with Crippen LogP contribution in [0.5, 0.6) is 0 Å². The molecule has 4 N–H and O–H groups in total. The molecule has 0 bridgehead atoms. The minimum Gasteiger partial charge on any atom is -0.478 e. The van der Waals surface area contributed by atoms with Crippen molar-refractivity contribution in [3.05, 3.63) is 68.7 Å².